The van der Waals surface area contributed by atoms with Crippen molar-refractivity contribution in [1.29, 1.82) is 0 Å². The predicted molar refractivity (Wildman–Crippen MR) is 67.5 cm³/mol. The Labute approximate surface area is 100 Å². The molecule has 2 rings (SSSR count). The molecule has 0 fully saturated rings. The molecule has 0 aromatic heterocycles. The Hall–Kier alpha value is -0.970. The third-order valence-electron chi connectivity index (χ3n) is 2.61. The van der Waals surface area contributed by atoms with Crippen molar-refractivity contribution in [2.75, 3.05) is 5.75 Å². The van der Waals surface area contributed by atoms with E-state index in [9.17, 15) is 0 Å². The molecule has 0 spiro atoms. The van der Waals surface area contributed by atoms with E-state index in [1.807, 2.05) is 25.1 Å². The van der Waals surface area contributed by atoms with Gasteiger partial charge in [-0.15, -0.1) is 11.8 Å². The minimum absolute atomic E-state index is 0.000793. The number of hydrazine groups is 1. The van der Waals surface area contributed by atoms with Crippen molar-refractivity contribution in [1.82, 2.24) is 5.43 Å². The predicted octanol–water partition coefficient (Wildman–Crippen LogP) is 1.95. The first-order valence-corrected chi connectivity index (χ1v) is 6.21. The molecule has 16 heavy (non-hydrogen) atoms. The third-order valence-corrected chi connectivity index (χ3v) is 3.76. The monoisotopic (exact) mass is 236 g/mol. The molecule has 0 saturated carbocycles. The van der Waals surface area contributed by atoms with Crippen molar-refractivity contribution in [3.05, 3.63) is 36.4 Å². The molecule has 0 aliphatic carbocycles. The minimum atomic E-state index is 0.000793. The van der Waals surface area contributed by atoms with E-state index in [2.05, 4.69) is 18.1 Å². The fraction of sp³-hybridized carbons (Fsp3) is 0.333. The van der Waals surface area contributed by atoms with Gasteiger partial charge in [-0.2, -0.15) is 0 Å². The first-order valence-electron chi connectivity index (χ1n) is 5.22. The Morgan fingerprint density at radius 2 is 2.38 bits per heavy atom. The number of thioether (sulfide) groups is 1. The van der Waals surface area contributed by atoms with Gasteiger partial charge in [0.2, 0.25) is 0 Å². The first kappa shape index (κ1) is 11.5. The van der Waals surface area contributed by atoms with E-state index in [-0.39, 0.29) is 12.1 Å². The number of hydrogen-bond donors (Lipinski definition) is 2. The third kappa shape index (κ3) is 2.24. The molecule has 1 heterocycles. The van der Waals surface area contributed by atoms with E-state index >= 15 is 0 Å². The molecule has 0 bridgehead atoms. The van der Waals surface area contributed by atoms with Gasteiger partial charge in [-0.3, -0.25) is 5.84 Å². The van der Waals surface area contributed by atoms with Gasteiger partial charge in [0.25, 0.3) is 0 Å². The number of para-hydroxylation sites is 1. The highest BCUT2D eigenvalue weighted by Crippen LogP contribution is 2.36. The average molecular weight is 236 g/mol. The summed E-state index contributed by atoms with van der Waals surface area (Å²) >= 11 is 1.80. The van der Waals surface area contributed by atoms with Gasteiger partial charge in [0.05, 0.1) is 6.04 Å². The van der Waals surface area contributed by atoms with Crippen LogP contribution >= 0.6 is 11.8 Å². The summed E-state index contributed by atoms with van der Waals surface area (Å²) in [6, 6.07) is 8.06. The van der Waals surface area contributed by atoms with Crippen molar-refractivity contribution >= 4 is 11.8 Å². The Kier molecular flexibility index (Phi) is 3.53. The number of benzene rings is 1. The van der Waals surface area contributed by atoms with Gasteiger partial charge in [0.1, 0.15) is 11.9 Å². The minimum Gasteiger partial charge on any atom is -0.486 e. The summed E-state index contributed by atoms with van der Waals surface area (Å²) in [5, 5.41) is 0. The highest BCUT2D eigenvalue weighted by Gasteiger charge is 2.27. The Bertz CT molecular complexity index is 394. The van der Waals surface area contributed by atoms with Crippen LogP contribution in [0.5, 0.6) is 5.75 Å². The average Bonchev–Trinajstić information content (AvgIpc) is 2.29. The molecule has 3 N–H and O–H groups in total. The van der Waals surface area contributed by atoms with E-state index in [0.717, 1.165) is 17.1 Å². The second-order valence-corrected chi connectivity index (χ2v) is 4.97. The van der Waals surface area contributed by atoms with E-state index in [1.165, 1.54) is 4.90 Å². The van der Waals surface area contributed by atoms with Gasteiger partial charge in [0, 0.05) is 10.6 Å². The molecule has 3 nitrogen and oxygen atoms in total. The number of fused-ring (bicyclic) bond motifs is 1. The zero-order valence-corrected chi connectivity index (χ0v) is 10.1. The lowest BCUT2D eigenvalue weighted by atomic mass is 10.1. The second-order valence-electron chi connectivity index (χ2n) is 3.90. The summed E-state index contributed by atoms with van der Waals surface area (Å²) in [5.74, 6) is 7.35. The van der Waals surface area contributed by atoms with E-state index in [0.29, 0.717) is 0 Å². The van der Waals surface area contributed by atoms with Gasteiger partial charge < -0.3 is 4.74 Å². The van der Waals surface area contributed by atoms with Gasteiger partial charge in [-0.25, -0.2) is 5.43 Å². The fourth-order valence-electron chi connectivity index (χ4n) is 1.77. The van der Waals surface area contributed by atoms with Gasteiger partial charge >= 0.3 is 0 Å². The number of nitrogens with one attached hydrogen (secondary N) is 1. The topological polar surface area (TPSA) is 47.3 Å². The lowest BCUT2D eigenvalue weighted by Gasteiger charge is -2.31. The normalized spacial score (nSPS) is 20.8. The molecule has 4 heteroatoms. The Morgan fingerprint density at radius 1 is 1.62 bits per heavy atom. The molecule has 2 unspecified atom stereocenters. The summed E-state index contributed by atoms with van der Waals surface area (Å²) in [7, 11) is 0. The summed E-state index contributed by atoms with van der Waals surface area (Å²) in [6.07, 6.45) is 0.0439. The van der Waals surface area contributed by atoms with Crippen LogP contribution in [0, 0.1) is 0 Å². The van der Waals surface area contributed by atoms with Crippen LogP contribution < -0.4 is 16.0 Å². The van der Waals surface area contributed by atoms with Crippen molar-refractivity contribution in [3.8, 4) is 5.75 Å². The van der Waals surface area contributed by atoms with Crippen LogP contribution in [0.4, 0.5) is 0 Å². The number of nitrogens with two attached hydrogens (primary N) is 1. The van der Waals surface area contributed by atoms with Gasteiger partial charge in [-0.1, -0.05) is 24.3 Å². The van der Waals surface area contributed by atoms with Crippen LogP contribution in [0.1, 0.15) is 6.92 Å². The smallest absolute Gasteiger partial charge is 0.133 e. The highest BCUT2D eigenvalue weighted by atomic mass is 32.2. The summed E-state index contributed by atoms with van der Waals surface area (Å²) in [5.41, 5.74) is 3.76. The summed E-state index contributed by atoms with van der Waals surface area (Å²) in [4.78, 5) is 1.19. The molecule has 1 aromatic carbocycles. The molecular formula is C12H16N2OS. The quantitative estimate of drug-likeness (QED) is 0.478. The maximum Gasteiger partial charge on any atom is 0.133 e. The Balaban J connectivity index is 2.15. The maximum absolute atomic E-state index is 5.92. The molecule has 86 valence electrons. The molecule has 1 aromatic rings. The zero-order valence-electron chi connectivity index (χ0n) is 9.27. The van der Waals surface area contributed by atoms with Crippen molar-refractivity contribution < 1.29 is 4.74 Å². The van der Waals surface area contributed by atoms with Crippen LogP contribution in [0.15, 0.2) is 41.3 Å². The van der Waals surface area contributed by atoms with Crippen LogP contribution in [0.3, 0.4) is 0 Å². The lowest BCUT2D eigenvalue weighted by Crippen LogP contribution is -2.49. The lowest BCUT2D eigenvalue weighted by molar-refractivity contribution is 0.181. The van der Waals surface area contributed by atoms with Crippen molar-refractivity contribution in [3.63, 3.8) is 0 Å². The molecule has 0 saturated heterocycles. The van der Waals surface area contributed by atoms with E-state index in [1.54, 1.807) is 11.8 Å². The van der Waals surface area contributed by atoms with Crippen LogP contribution in [0.2, 0.25) is 0 Å². The van der Waals surface area contributed by atoms with Crippen molar-refractivity contribution in [2.45, 2.75) is 24.0 Å². The van der Waals surface area contributed by atoms with E-state index in [4.69, 9.17) is 10.6 Å². The molecule has 0 amide bonds. The van der Waals surface area contributed by atoms with Crippen LogP contribution in [-0.4, -0.2) is 17.9 Å². The summed E-state index contributed by atoms with van der Waals surface area (Å²) < 4.78 is 5.92. The molecule has 0 radical (unpaired) electrons. The fourth-order valence-corrected chi connectivity index (χ4v) is 2.80. The molecular weight excluding hydrogens is 220 g/mol. The van der Waals surface area contributed by atoms with Crippen LogP contribution in [-0.2, 0) is 0 Å². The zero-order chi connectivity index (χ0) is 11.5. The number of rotatable bonds is 3. The molecule has 2 atom stereocenters. The first-order chi connectivity index (χ1) is 7.72. The maximum atomic E-state index is 5.92. The summed E-state index contributed by atoms with van der Waals surface area (Å²) in [6.45, 7) is 5.88. The van der Waals surface area contributed by atoms with Gasteiger partial charge in [-0.05, 0) is 19.1 Å². The SMILES string of the molecule is C=C(C)C(NN)C1CSc2ccccc2O1. The molecule has 1 aliphatic heterocycles. The van der Waals surface area contributed by atoms with E-state index < -0.39 is 0 Å². The Morgan fingerprint density at radius 3 is 3.06 bits per heavy atom. The number of ether oxygens (including phenoxy) is 1. The highest BCUT2D eigenvalue weighted by molar-refractivity contribution is 7.99. The standard InChI is InChI=1S/C12H16N2OS/c1-8(2)12(14-13)10-7-16-11-6-4-3-5-9(11)15-10/h3-6,10,12,14H,1,7,13H2,2H3. The largest absolute Gasteiger partial charge is 0.486 e. The van der Waals surface area contributed by atoms with Crippen LogP contribution in [0.25, 0.3) is 0 Å². The number of hydrogen-bond acceptors (Lipinski definition) is 4. The van der Waals surface area contributed by atoms with Gasteiger partial charge in [0.15, 0.2) is 0 Å². The van der Waals surface area contributed by atoms with Crippen molar-refractivity contribution in [2.24, 2.45) is 5.84 Å². The molecule has 1 aliphatic rings. The second kappa shape index (κ2) is 4.91.